The lowest BCUT2D eigenvalue weighted by Crippen LogP contribution is -2.20. The Bertz CT molecular complexity index is 668. The maximum atomic E-state index is 12.0. The molecule has 2 aromatic rings. The molecule has 9 heteroatoms. The van der Waals surface area contributed by atoms with Gasteiger partial charge in [-0.1, -0.05) is 0 Å². The normalized spacial score (nSPS) is 10.4. The van der Waals surface area contributed by atoms with E-state index in [-0.39, 0.29) is 11.6 Å². The number of carbonyl (C=O) groups excluding carboxylic acids is 1. The Kier molecular flexibility index (Phi) is 5.10. The van der Waals surface area contributed by atoms with E-state index in [0.717, 1.165) is 0 Å². The molecule has 0 spiro atoms. The molecule has 1 aromatic heterocycles. The maximum absolute atomic E-state index is 12.0. The maximum Gasteiger partial charge on any atom is 0.387 e. The minimum Gasteiger partial charge on any atom is -0.435 e. The predicted molar refractivity (Wildman–Crippen MR) is 82.1 cm³/mol. The molecule has 0 unspecified atom stereocenters. The molecule has 0 aliphatic heterocycles. The third kappa shape index (κ3) is 4.55. The van der Waals surface area contributed by atoms with Crippen LogP contribution in [0.3, 0.4) is 0 Å². The molecule has 4 N–H and O–H groups in total. The molecule has 0 aliphatic carbocycles. The fourth-order valence-electron chi connectivity index (χ4n) is 1.55. The van der Waals surface area contributed by atoms with Crippen molar-refractivity contribution in [2.75, 3.05) is 16.4 Å². The van der Waals surface area contributed by atoms with Crippen LogP contribution in [-0.2, 0) is 0 Å². The van der Waals surface area contributed by atoms with Crippen molar-refractivity contribution in [1.82, 2.24) is 4.98 Å². The van der Waals surface area contributed by atoms with Gasteiger partial charge in [-0.25, -0.2) is 9.78 Å². The molecule has 1 aromatic carbocycles. The van der Waals surface area contributed by atoms with Crippen molar-refractivity contribution in [1.29, 1.82) is 0 Å². The number of nitrogens with two attached hydrogens (primary N) is 1. The molecule has 2 amide bonds. The van der Waals surface area contributed by atoms with Gasteiger partial charge in [0, 0.05) is 16.4 Å². The molecule has 0 bridgehead atoms. The highest BCUT2D eigenvalue weighted by Gasteiger charge is 2.08. The summed E-state index contributed by atoms with van der Waals surface area (Å²) in [4.78, 5) is 15.7. The van der Waals surface area contributed by atoms with Crippen LogP contribution in [0.2, 0.25) is 0 Å². The number of rotatable bonds is 4. The number of ether oxygens (including phenoxy) is 1. The summed E-state index contributed by atoms with van der Waals surface area (Å²) >= 11 is 3.22. The number of nitrogens with zero attached hydrogens (tertiary/aromatic N) is 1. The molecule has 0 aliphatic rings. The lowest BCUT2D eigenvalue weighted by atomic mass is 10.3. The average molecular weight is 373 g/mol. The standard InChI is InChI=1S/C13H11BrF2N4O2/c14-7-5-10(11(17)18-6-7)20-13(21)19-8-1-3-9(4-2-8)22-12(15)16/h1-6,12H,(H2,17,18)(H2,19,20,21). The number of benzene rings is 1. The van der Waals surface area contributed by atoms with Crippen molar-refractivity contribution in [2.45, 2.75) is 6.61 Å². The molecule has 0 radical (unpaired) electrons. The molecule has 22 heavy (non-hydrogen) atoms. The van der Waals surface area contributed by atoms with E-state index in [1.54, 1.807) is 6.07 Å². The number of pyridine rings is 1. The van der Waals surface area contributed by atoms with Gasteiger partial charge in [-0.3, -0.25) is 0 Å². The van der Waals surface area contributed by atoms with Gasteiger partial charge in [0.25, 0.3) is 0 Å². The minimum absolute atomic E-state index is 0.00129. The van der Waals surface area contributed by atoms with Crippen LogP contribution in [0.15, 0.2) is 41.0 Å². The second-order valence-electron chi connectivity index (χ2n) is 4.07. The monoisotopic (exact) mass is 372 g/mol. The highest BCUT2D eigenvalue weighted by molar-refractivity contribution is 9.10. The third-order valence-electron chi connectivity index (χ3n) is 2.47. The molecule has 0 saturated heterocycles. The number of aromatic nitrogens is 1. The quantitative estimate of drug-likeness (QED) is 0.763. The molecular weight excluding hydrogens is 362 g/mol. The smallest absolute Gasteiger partial charge is 0.387 e. The molecule has 2 rings (SSSR count). The zero-order valence-electron chi connectivity index (χ0n) is 11.0. The van der Waals surface area contributed by atoms with Crippen LogP contribution >= 0.6 is 15.9 Å². The van der Waals surface area contributed by atoms with Crippen LogP contribution in [0.4, 0.5) is 30.8 Å². The SMILES string of the molecule is Nc1ncc(Br)cc1NC(=O)Nc1ccc(OC(F)F)cc1. The first kappa shape index (κ1) is 16.0. The van der Waals surface area contributed by atoms with E-state index >= 15 is 0 Å². The summed E-state index contributed by atoms with van der Waals surface area (Å²) in [5.74, 6) is 0.167. The molecule has 0 atom stereocenters. The number of nitrogen functional groups attached to an aromatic ring is 1. The van der Waals surface area contributed by atoms with E-state index in [2.05, 4.69) is 36.3 Å². The van der Waals surface area contributed by atoms with Gasteiger partial charge in [-0.2, -0.15) is 8.78 Å². The highest BCUT2D eigenvalue weighted by Crippen LogP contribution is 2.21. The second kappa shape index (κ2) is 7.03. The number of alkyl halides is 2. The van der Waals surface area contributed by atoms with Crippen LogP contribution < -0.4 is 21.1 Å². The van der Waals surface area contributed by atoms with Crippen molar-refractivity contribution in [3.8, 4) is 5.75 Å². The molecule has 6 nitrogen and oxygen atoms in total. The van der Waals surface area contributed by atoms with Crippen molar-refractivity contribution in [3.05, 3.63) is 41.0 Å². The predicted octanol–water partition coefficient (Wildman–Crippen LogP) is 3.67. The number of hydrogen-bond acceptors (Lipinski definition) is 4. The topological polar surface area (TPSA) is 89.3 Å². The number of hydrogen-bond donors (Lipinski definition) is 3. The Labute approximate surface area is 132 Å². The Morgan fingerprint density at radius 1 is 1.27 bits per heavy atom. The summed E-state index contributed by atoms with van der Waals surface area (Å²) in [6.07, 6.45) is 1.50. The average Bonchev–Trinajstić information content (AvgIpc) is 2.44. The van der Waals surface area contributed by atoms with Gasteiger partial charge in [0.05, 0.1) is 5.69 Å². The Balaban J connectivity index is 1.98. The Hall–Kier alpha value is -2.42. The van der Waals surface area contributed by atoms with E-state index in [9.17, 15) is 13.6 Å². The summed E-state index contributed by atoms with van der Waals surface area (Å²) < 4.78 is 28.9. The Morgan fingerprint density at radius 3 is 2.59 bits per heavy atom. The van der Waals surface area contributed by atoms with Crippen molar-refractivity contribution in [3.63, 3.8) is 0 Å². The zero-order valence-corrected chi connectivity index (χ0v) is 12.6. The second-order valence-corrected chi connectivity index (χ2v) is 4.98. The first-order chi connectivity index (χ1) is 10.4. The van der Waals surface area contributed by atoms with E-state index in [0.29, 0.717) is 15.8 Å². The summed E-state index contributed by atoms with van der Waals surface area (Å²) in [5, 5.41) is 5.05. The van der Waals surface area contributed by atoms with Gasteiger partial charge in [0.15, 0.2) is 0 Å². The lowest BCUT2D eigenvalue weighted by molar-refractivity contribution is -0.0498. The number of amides is 2. The first-order valence-electron chi connectivity index (χ1n) is 5.98. The number of nitrogens with one attached hydrogen (secondary N) is 2. The van der Waals surface area contributed by atoms with Crippen LogP contribution in [0.5, 0.6) is 5.75 Å². The minimum atomic E-state index is -2.89. The Morgan fingerprint density at radius 2 is 1.95 bits per heavy atom. The largest absolute Gasteiger partial charge is 0.435 e. The van der Waals surface area contributed by atoms with Gasteiger partial charge in [-0.15, -0.1) is 0 Å². The third-order valence-corrected chi connectivity index (χ3v) is 2.90. The summed E-state index contributed by atoms with van der Waals surface area (Å²) in [7, 11) is 0. The number of carbonyl (C=O) groups is 1. The van der Waals surface area contributed by atoms with E-state index in [4.69, 9.17) is 5.73 Å². The lowest BCUT2D eigenvalue weighted by Gasteiger charge is -2.10. The van der Waals surface area contributed by atoms with Crippen LogP contribution in [0.25, 0.3) is 0 Å². The number of anilines is 3. The van der Waals surface area contributed by atoms with Crippen molar-refractivity contribution < 1.29 is 18.3 Å². The fraction of sp³-hybridized carbons (Fsp3) is 0.0769. The summed E-state index contributed by atoms with van der Waals surface area (Å²) in [5.41, 5.74) is 6.38. The number of halogens is 3. The first-order valence-corrected chi connectivity index (χ1v) is 6.77. The summed E-state index contributed by atoms with van der Waals surface area (Å²) in [6.45, 7) is -2.89. The highest BCUT2D eigenvalue weighted by atomic mass is 79.9. The van der Waals surface area contributed by atoms with Gasteiger partial charge in [0.2, 0.25) is 0 Å². The molecule has 1 heterocycles. The van der Waals surface area contributed by atoms with Gasteiger partial charge < -0.3 is 21.1 Å². The molecule has 0 saturated carbocycles. The zero-order chi connectivity index (χ0) is 16.1. The number of urea groups is 1. The molecule has 0 fully saturated rings. The van der Waals surface area contributed by atoms with Crippen LogP contribution in [-0.4, -0.2) is 17.6 Å². The van der Waals surface area contributed by atoms with Gasteiger partial charge in [-0.05, 0) is 46.3 Å². The van der Waals surface area contributed by atoms with Crippen molar-refractivity contribution in [2.24, 2.45) is 0 Å². The summed E-state index contributed by atoms with van der Waals surface area (Å²) in [6, 6.07) is 6.54. The van der Waals surface area contributed by atoms with E-state index in [1.807, 2.05) is 0 Å². The fourth-order valence-corrected chi connectivity index (χ4v) is 1.89. The molecular formula is C13H11BrF2N4O2. The van der Waals surface area contributed by atoms with Crippen LogP contribution in [0, 0.1) is 0 Å². The van der Waals surface area contributed by atoms with E-state index in [1.165, 1.54) is 30.5 Å². The molecule has 116 valence electrons. The van der Waals surface area contributed by atoms with Crippen LogP contribution in [0.1, 0.15) is 0 Å². The van der Waals surface area contributed by atoms with Gasteiger partial charge in [0.1, 0.15) is 11.6 Å². The van der Waals surface area contributed by atoms with Crippen molar-refractivity contribution >= 4 is 39.2 Å². The van der Waals surface area contributed by atoms with Gasteiger partial charge >= 0.3 is 12.6 Å². The van der Waals surface area contributed by atoms with E-state index < -0.39 is 12.6 Å².